The molecule has 0 aromatic heterocycles. The van der Waals surface area contributed by atoms with Crippen LogP contribution in [-0.4, -0.2) is 30.8 Å². The summed E-state index contributed by atoms with van der Waals surface area (Å²) in [7, 11) is 0. The van der Waals surface area contributed by atoms with Crippen molar-refractivity contribution in [2.45, 2.75) is 48.0 Å². The molecule has 138 valence electrons. The van der Waals surface area contributed by atoms with Crippen molar-refractivity contribution in [3.8, 4) is 0 Å². The van der Waals surface area contributed by atoms with Crippen LogP contribution in [0, 0.1) is 26.2 Å². The molecule has 25 heavy (non-hydrogen) atoms. The Morgan fingerprint density at radius 3 is 2.00 bits per heavy atom. The SMILES string of the molecule is Cc1cc(C)c(NC(=O)CNC(=O)CCNC(=O)C(C)(C)C)c(C)c1. The van der Waals surface area contributed by atoms with Crippen molar-refractivity contribution in [1.82, 2.24) is 10.6 Å². The number of anilines is 1. The van der Waals surface area contributed by atoms with Gasteiger partial charge < -0.3 is 16.0 Å². The summed E-state index contributed by atoms with van der Waals surface area (Å²) in [5.74, 6) is -0.660. The lowest BCUT2D eigenvalue weighted by Crippen LogP contribution is -2.38. The van der Waals surface area contributed by atoms with Gasteiger partial charge in [0.15, 0.2) is 0 Å². The molecule has 0 aliphatic carbocycles. The van der Waals surface area contributed by atoms with E-state index in [1.165, 1.54) is 0 Å². The largest absolute Gasteiger partial charge is 0.355 e. The highest BCUT2D eigenvalue weighted by Gasteiger charge is 2.20. The Hall–Kier alpha value is -2.37. The third kappa shape index (κ3) is 6.95. The van der Waals surface area contributed by atoms with Crippen molar-refractivity contribution < 1.29 is 14.4 Å². The van der Waals surface area contributed by atoms with Gasteiger partial charge in [-0.15, -0.1) is 0 Å². The minimum absolute atomic E-state index is 0.0984. The first kappa shape index (κ1) is 20.7. The number of aryl methyl sites for hydroxylation is 3. The molecule has 0 aliphatic heterocycles. The van der Waals surface area contributed by atoms with Gasteiger partial charge in [0.1, 0.15) is 0 Å². The number of hydrogen-bond donors (Lipinski definition) is 3. The van der Waals surface area contributed by atoms with Crippen LogP contribution in [0.15, 0.2) is 12.1 Å². The fraction of sp³-hybridized carbons (Fsp3) is 0.526. The van der Waals surface area contributed by atoms with Crippen LogP contribution in [0.2, 0.25) is 0 Å². The number of benzene rings is 1. The zero-order valence-electron chi connectivity index (χ0n) is 16.0. The number of carbonyl (C=O) groups excluding carboxylic acids is 3. The molecule has 6 nitrogen and oxygen atoms in total. The molecule has 0 heterocycles. The monoisotopic (exact) mass is 347 g/mol. The number of carbonyl (C=O) groups is 3. The Kier molecular flexibility index (Phi) is 7.15. The number of amides is 3. The Morgan fingerprint density at radius 2 is 1.48 bits per heavy atom. The first-order chi connectivity index (χ1) is 11.5. The maximum absolute atomic E-state index is 12.0. The van der Waals surface area contributed by atoms with E-state index in [-0.39, 0.29) is 37.2 Å². The molecule has 0 spiro atoms. The molecule has 1 aromatic rings. The standard InChI is InChI=1S/C19H29N3O3/c1-12-9-13(2)17(14(3)10-12)22-16(24)11-21-15(23)7-8-20-18(25)19(4,5)6/h9-10H,7-8,11H2,1-6H3,(H,20,25)(H,21,23)(H,22,24). The minimum atomic E-state index is -0.486. The van der Waals surface area contributed by atoms with Crippen LogP contribution in [0.3, 0.4) is 0 Å². The number of nitrogens with one attached hydrogen (secondary N) is 3. The van der Waals surface area contributed by atoms with Crippen molar-refractivity contribution in [3.63, 3.8) is 0 Å². The summed E-state index contributed by atoms with van der Waals surface area (Å²) in [6.45, 7) is 11.5. The molecule has 3 N–H and O–H groups in total. The highest BCUT2D eigenvalue weighted by atomic mass is 16.2. The van der Waals surface area contributed by atoms with Gasteiger partial charge in [0.25, 0.3) is 0 Å². The Morgan fingerprint density at radius 1 is 0.920 bits per heavy atom. The topological polar surface area (TPSA) is 87.3 Å². The first-order valence-corrected chi connectivity index (χ1v) is 8.43. The van der Waals surface area contributed by atoms with Gasteiger partial charge in [-0.2, -0.15) is 0 Å². The number of rotatable bonds is 6. The molecule has 3 amide bonds. The van der Waals surface area contributed by atoms with Crippen molar-refractivity contribution in [1.29, 1.82) is 0 Å². The zero-order valence-corrected chi connectivity index (χ0v) is 16.0. The van der Waals surface area contributed by atoms with E-state index in [2.05, 4.69) is 16.0 Å². The van der Waals surface area contributed by atoms with Crippen LogP contribution in [0.4, 0.5) is 5.69 Å². The average molecular weight is 347 g/mol. The van der Waals surface area contributed by atoms with Crippen LogP contribution in [0.25, 0.3) is 0 Å². The fourth-order valence-electron chi connectivity index (χ4n) is 2.38. The van der Waals surface area contributed by atoms with E-state index >= 15 is 0 Å². The van der Waals surface area contributed by atoms with E-state index in [4.69, 9.17) is 0 Å². The maximum atomic E-state index is 12.0. The van der Waals surface area contributed by atoms with Gasteiger partial charge in [-0.1, -0.05) is 38.5 Å². The molecule has 0 radical (unpaired) electrons. The zero-order chi connectivity index (χ0) is 19.2. The first-order valence-electron chi connectivity index (χ1n) is 8.43. The molecule has 1 rings (SSSR count). The van der Waals surface area contributed by atoms with E-state index in [1.807, 2.05) is 53.7 Å². The third-order valence-corrected chi connectivity index (χ3v) is 3.71. The fourth-order valence-corrected chi connectivity index (χ4v) is 2.38. The predicted molar refractivity (Wildman–Crippen MR) is 99.4 cm³/mol. The summed E-state index contributed by atoms with van der Waals surface area (Å²) >= 11 is 0. The summed E-state index contributed by atoms with van der Waals surface area (Å²) < 4.78 is 0. The van der Waals surface area contributed by atoms with Gasteiger partial charge in [0.2, 0.25) is 17.7 Å². The Bertz CT molecular complexity index is 637. The third-order valence-electron chi connectivity index (χ3n) is 3.71. The molecule has 0 fully saturated rings. The summed E-state index contributed by atoms with van der Waals surface area (Å²) in [5, 5.41) is 8.10. The molecular weight excluding hydrogens is 318 g/mol. The molecule has 0 saturated carbocycles. The lowest BCUT2D eigenvalue weighted by molar-refractivity contribution is -0.129. The molecule has 0 saturated heterocycles. The van der Waals surface area contributed by atoms with Gasteiger partial charge in [-0.3, -0.25) is 14.4 Å². The van der Waals surface area contributed by atoms with Crippen molar-refractivity contribution >= 4 is 23.4 Å². The van der Waals surface area contributed by atoms with E-state index in [0.29, 0.717) is 0 Å². The van der Waals surface area contributed by atoms with Gasteiger partial charge in [-0.05, 0) is 31.9 Å². The molecule has 1 aromatic carbocycles. The predicted octanol–water partition coefficient (Wildman–Crippen LogP) is 2.22. The summed E-state index contributed by atoms with van der Waals surface area (Å²) in [6, 6.07) is 4.00. The van der Waals surface area contributed by atoms with Gasteiger partial charge >= 0.3 is 0 Å². The van der Waals surface area contributed by atoms with Crippen molar-refractivity contribution in [3.05, 3.63) is 28.8 Å². The smallest absolute Gasteiger partial charge is 0.243 e. The second-order valence-electron chi connectivity index (χ2n) is 7.35. The van der Waals surface area contributed by atoms with Crippen LogP contribution >= 0.6 is 0 Å². The van der Waals surface area contributed by atoms with E-state index in [0.717, 1.165) is 22.4 Å². The van der Waals surface area contributed by atoms with Crippen molar-refractivity contribution in [2.75, 3.05) is 18.4 Å². The van der Waals surface area contributed by atoms with Gasteiger partial charge in [0, 0.05) is 24.1 Å². The quantitative estimate of drug-likeness (QED) is 0.737. The highest BCUT2D eigenvalue weighted by Crippen LogP contribution is 2.21. The lowest BCUT2D eigenvalue weighted by atomic mass is 9.96. The minimum Gasteiger partial charge on any atom is -0.355 e. The summed E-state index contributed by atoms with van der Waals surface area (Å²) in [6.07, 6.45) is 0.137. The van der Waals surface area contributed by atoms with E-state index in [1.54, 1.807) is 0 Å². The maximum Gasteiger partial charge on any atom is 0.243 e. The molecule has 0 unspecified atom stereocenters. The highest BCUT2D eigenvalue weighted by molar-refractivity contribution is 5.95. The van der Waals surface area contributed by atoms with E-state index in [9.17, 15) is 14.4 Å². The lowest BCUT2D eigenvalue weighted by Gasteiger charge is -2.17. The van der Waals surface area contributed by atoms with Gasteiger partial charge in [-0.25, -0.2) is 0 Å². The second kappa shape index (κ2) is 8.65. The summed E-state index contributed by atoms with van der Waals surface area (Å²) in [4.78, 5) is 35.5. The van der Waals surface area contributed by atoms with Crippen molar-refractivity contribution in [2.24, 2.45) is 5.41 Å². The average Bonchev–Trinajstić information content (AvgIpc) is 2.47. The molecule has 6 heteroatoms. The van der Waals surface area contributed by atoms with Crippen LogP contribution in [0.5, 0.6) is 0 Å². The normalized spacial score (nSPS) is 11.0. The Labute approximate surface area is 149 Å². The van der Waals surface area contributed by atoms with Gasteiger partial charge in [0.05, 0.1) is 6.54 Å². The summed E-state index contributed by atoms with van der Waals surface area (Å²) in [5.41, 5.74) is 3.41. The van der Waals surface area contributed by atoms with Crippen LogP contribution < -0.4 is 16.0 Å². The molecule has 0 aliphatic rings. The van der Waals surface area contributed by atoms with Crippen LogP contribution in [-0.2, 0) is 14.4 Å². The molecule has 0 bridgehead atoms. The number of hydrogen-bond acceptors (Lipinski definition) is 3. The van der Waals surface area contributed by atoms with Crippen LogP contribution in [0.1, 0.15) is 43.9 Å². The molecule has 0 atom stereocenters. The molecular formula is C19H29N3O3. The van der Waals surface area contributed by atoms with E-state index < -0.39 is 5.41 Å². The second-order valence-corrected chi connectivity index (χ2v) is 7.35. The Balaban J connectivity index is 2.39.